The number of nitro benzene ring substituents is 1. The van der Waals surface area contributed by atoms with Crippen molar-refractivity contribution in [2.45, 2.75) is 13.8 Å². The molecule has 1 heterocycles. The fourth-order valence-corrected chi connectivity index (χ4v) is 3.78. The zero-order chi connectivity index (χ0) is 29.4. The van der Waals surface area contributed by atoms with Gasteiger partial charge in [0.2, 0.25) is 5.90 Å². The average Bonchev–Trinajstić information content (AvgIpc) is 3.33. The van der Waals surface area contributed by atoms with E-state index in [1.165, 1.54) is 43.5 Å². The van der Waals surface area contributed by atoms with Gasteiger partial charge in [-0.15, -0.1) is 0 Å². The molecule has 210 valence electrons. The molecule has 11 heteroatoms. The lowest BCUT2D eigenvalue weighted by molar-refractivity contribution is -0.384. The lowest BCUT2D eigenvalue weighted by Crippen LogP contribution is -2.06. The van der Waals surface area contributed by atoms with Crippen molar-refractivity contribution in [2.24, 2.45) is 4.99 Å². The van der Waals surface area contributed by atoms with E-state index < -0.39 is 16.9 Å². The van der Waals surface area contributed by atoms with Crippen LogP contribution in [0.1, 0.15) is 30.5 Å². The van der Waals surface area contributed by atoms with Crippen LogP contribution in [0.5, 0.6) is 23.0 Å². The van der Waals surface area contributed by atoms with Crippen molar-refractivity contribution in [3.63, 3.8) is 0 Å². The molecule has 0 aromatic heterocycles. The topological polar surface area (TPSA) is 136 Å². The zero-order valence-electron chi connectivity index (χ0n) is 22.5. The van der Waals surface area contributed by atoms with Gasteiger partial charge in [-0.2, -0.15) is 0 Å². The van der Waals surface area contributed by atoms with Gasteiger partial charge in [-0.3, -0.25) is 10.1 Å². The number of esters is 2. The third kappa shape index (κ3) is 7.15. The third-order valence-corrected chi connectivity index (χ3v) is 5.61. The number of hydrogen-bond donors (Lipinski definition) is 0. The molecular formula is C30H26N2O9. The summed E-state index contributed by atoms with van der Waals surface area (Å²) in [7, 11) is 1.41. The number of rotatable bonds is 11. The largest absolute Gasteiger partial charge is 0.493 e. The summed E-state index contributed by atoms with van der Waals surface area (Å²) in [5.41, 5.74) is 1.54. The number of nitro groups is 1. The summed E-state index contributed by atoms with van der Waals surface area (Å²) in [6, 6.07) is 15.7. The molecule has 11 nitrogen and oxygen atoms in total. The highest BCUT2D eigenvalue weighted by Crippen LogP contribution is 2.32. The van der Waals surface area contributed by atoms with Crippen LogP contribution < -0.4 is 18.9 Å². The minimum absolute atomic E-state index is 0.0681. The van der Waals surface area contributed by atoms with Gasteiger partial charge >= 0.3 is 11.9 Å². The molecule has 0 bridgehead atoms. The number of nitrogens with zero attached hydrogens (tertiary/aromatic N) is 2. The molecule has 0 saturated heterocycles. The van der Waals surface area contributed by atoms with Crippen molar-refractivity contribution < 1.29 is 38.2 Å². The number of cyclic esters (lactones) is 1. The van der Waals surface area contributed by atoms with Crippen LogP contribution >= 0.6 is 0 Å². The van der Waals surface area contributed by atoms with Gasteiger partial charge in [0.15, 0.2) is 28.7 Å². The Balaban J connectivity index is 1.51. The van der Waals surface area contributed by atoms with Crippen LogP contribution in [-0.2, 0) is 14.3 Å². The summed E-state index contributed by atoms with van der Waals surface area (Å²) in [6.07, 6.45) is 4.07. The van der Waals surface area contributed by atoms with Crippen molar-refractivity contribution in [2.75, 3.05) is 20.3 Å². The molecule has 0 atom stereocenters. The van der Waals surface area contributed by atoms with E-state index in [0.717, 1.165) is 6.08 Å². The quantitative estimate of drug-likeness (QED) is 0.100. The van der Waals surface area contributed by atoms with E-state index >= 15 is 0 Å². The molecule has 41 heavy (non-hydrogen) atoms. The van der Waals surface area contributed by atoms with Gasteiger partial charge in [-0.1, -0.05) is 18.2 Å². The van der Waals surface area contributed by atoms with E-state index in [1.54, 1.807) is 36.4 Å². The minimum Gasteiger partial charge on any atom is -0.493 e. The molecular weight excluding hydrogens is 532 g/mol. The van der Waals surface area contributed by atoms with Crippen molar-refractivity contribution in [1.29, 1.82) is 0 Å². The Labute approximate surface area is 235 Å². The number of benzene rings is 3. The van der Waals surface area contributed by atoms with Crippen molar-refractivity contribution in [3.8, 4) is 23.0 Å². The summed E-state index contributed by atoms with van der Waals surface area (Å²) < 4.78 is 27.3. The molecule has 0 spiro atoms. The van der Waals surface area contributed by atoms with Gasteiger partial charge in [0.05, 0.1) is 25.2 Å². The lowest BCUT2D eigenvalue weighted by atomic mass is 10.1. The van der Waals surface area contributed by atoms with Gasteiger partial charge in [0, 0.05) is 23.8 Å². The molecule has 3 aromatic carbocycles. The Morgan fingerprint density at radius 3 is 2.44 bits per heavy atom. The second-order valence-corrected chi connectivity index (χ2v) is 8.38. The summed E-state index contributed by atoms with van der Waals surface area (Å²) in [4.78, 5) is 39.7. The predicted molar refractivity (Wildman–Crippen MR) is 150 cm³/mol. The Bertz CT molecular complexity index is 1570. The third-order valence-electron chi connectivity index (χ3n) is 5.61. The molecule has 0 aliphatic carbocycles. The maximum Gasteiger partial charge on any atom is 0.363 e. The van der Waals surface area contributed by atoms with Crippen molar-refractivity contribution in [1.82, 2.24) is 0 Å². The first-order chi connectivity index (χ1) is 19.8. The fraction of sp³-hybridized carbons (Fsp3) is 0.167. The van der Waals surface area contributed by atoms with Crippen LogP contribution in [0, 0.1) is 10.1 Å². The summed E-state index contributed by atoms with van der Waals surface area (Å²) >= 11 is 0. The maximum atomic E-state index is 12.5. The lowest BCUT2D eigenvalue weighted by Gasteiger charge is -2.11. The number of aliphatic imine (C=N–C) groups is 1. The molecule has 0 unspecified atom stereocenters. The highest BCUT2D eigenvalue weighted by Gasteiger charge is 2.25. The minimum atomic E-state index is -0.712. The van der Waals surface area contributed by atoms with E-state index in [2.05, 4.69) is 4.99 Å². The highest BCUT2D eigenvalue weighted by atomic mass is 16.6. The van der Waals surface area contributed by atoms with Crippen LogP contribution in [0.2, 0.25) is 0 Å². The Kier molecular flexibility index (Phi) is 9.10. The maximum absolute atomic E-state index is 12.5. The fourth-order valence-electron chi connectivity index (χ4n) is 3.78. The predicted octanol–water partition coefficient (Wildman–Crippen LogP) is 5.36. The van der Waals surface area contributed by atoms with Crippen LogP contribution in [-0.4, -0.2) is 43.1 Å². The second kappa shape index (κ2) is 13.1. The average molecular weight is 559 g/mol. The number of carbonyl (C=O) groups is 2. The highest BCUT2D eigenvalue weighted by molar-refractivity contribution is 6.13. The van der Waals surface area contributed by atoms with E-state index in [4.69, 9.17) is 23.7 Å². The monoisotopic (exact) mass is 558 g/mol. The van der Waals surface area contributed by atoms with E-state index in [9.17, 15) is 19.7 Å². The number of ether oxygens (including phenoxy) is 5. The Hall–Kier alpha value is -5.45. The molecule has 0 N–H and O–H groups in total. The van der Waals surface area contributed by atoms with Gasteiger partial charge in [0.25, 0.3) is 5.69 Å². The molecule has 3 aromatic rings. The number of carbonyl (C=O) groups excluding carboxylic acids is 2. The molecule has 1 aliphatic rings. The summed E-state index contributed by atoms with van der Waals surface area (Å²) in [5.74, 6) is 0.241. The SMILES string of the molecule is CCOc1ccc(C2=N/C(=C\c3ccc(OC(=O)/C=C/c4cccc([N+](=O)[O-])c4)c(OC)c3)C(=O)O2)cc1OCC. The Morgan fingerprint density at radius 1 is 0.951 bits per heavy atom. The van der Waals surface area contributed by atoms with Crippen LogP contribution in [0.25, 0.3) is 12.2 Å². The van der Waals surface area contributed by atoms with Crippen LogP contribution in [0.3, 0.4) is 0 Å². The van der Waals surface area contributed by atoms with Crippen molar-refractivity contribution >= 4 is 35.7 Å². The summed E-state index contributed by atoms with van der Waals surface area (Å²) in [5, 5.41) is 10.9. The zero-order valence-corrected chi connectivity index (χ0v) is 22.5. The number of methoxy groups -OCH3 is 1. The van der Waals surface area contributed by atoms with Crippen LogP contribution in [0.15, 0.2) is 77.4 Å². The number of hydrogen-bond acceptors (Lipinski definition) is 10. The van der Waals surface area contributed by atoms with Crippen molar-refractivity contribution in [3.05, 3.63) is 99.2 Å². The molecule has 0 saturated carbocycles. The molecule has 1 aliphatic heterocycles. The van der Waals surface area contributed by atoms with E-state index in [1.807, 2.05) is 13.8 Å². The van der Waals surface area contributed by atoms with Gasteiger partial charge in [-0.25, -0.2) is 14.6 Å². The Morgan fingerprint density at radius 2 is 1.71 bits per heavy atom. The number of non-ortho nitro benzene ring substituents is 1. The van der Waals surface area contributed by atoms with E-state index in [-0.39, 0.29) is 28.8 Å². The van der Waals surface area contributed by atoms with Crippen LogP contribution in [0.4, 0.5) is 5.69 Å². The smallest absolute Gasteiger partial charge is 0.363 e. The first-order valence-electron chi connectivity index (χ1n) is 12.6. The van der Waals surface area contributed by atoms with Gasteiger partial charge < -0.3 is 23.7 Å². The molecule has 4 rings (SSSR count). The van der Waals surface area contributed by atoms with Gasteiger partial charge in [-0.05, 0) is 67.5 Å². The molecule has 0 radical (unpaired) electrons. The normalized spacial score (nSPS) is 13.6. The second-order valence-electron chi connectivity index (χ2n) is 8.38. The van der Waals surface area contributed by atoms with Gasteiger partial charge in [0.1, 0.15) is 0 Å². The van der Waals surface area contributed by atoms with E-state index in [0.29, 0.717) is 41.4 Å². The first-order valence-corrected chi connectivity index (χ1v) is 12.6. The summed E-state index contributed by atoms with van der Waals surface area (Å²) in [6.45, 7) is 4.63. The molecule has 0 amide bonds. The standard InChI is InChI=1S/C30H26N2O9/c1-4-38-24-13-11-21(18-27(24)39-5-2)29-31-23(30(34)41-29)16-20-9-12-25(26(17-20)37-3)40-28(33)14-10-19-7-6-8-22(15-19)32(35)36/h6-18H,4-5H2,1-3H3/b14-10+,23-16-. The first kappa shape index (κ1) is 28.6. The molecule has 0 fully saturated rings.